The lowest BCUT2D eigenvalue weighted by Gasteiger charge is -2.27. The fourth-order valence-corrected chi connectivity index (χ4v) is 3.66. The maximum absolute atomic E-state index is 10.5. The Hall–Kier alpha value is -1.61. The van der Waals surface area contributed by atoms with E-state index in [0.717, 1.165) is 20.9 Å². The van der Waals surface area contributed by atoms with Gasteiger partial charge in [0.15, 0.2) is 0 Å². The Morgan fingerprint density at radius 1 is 0.739 bits per heavy atom. The van der Waals surface area contributed by atoms with Crippen molar-refractivity contribution in [1.29, 1.82) is 0 Å². The summed E-state index contributed by atoms with van der Waals surface area (Å²) in [5.41, 5.74) is 1.89. The zero-order chi connectivity index (χ0) is 17.4. The first-order chi connectivity index (χ1) is 10.5. The molecule has 0 radical (unpaired) electrons. The first kappa shape index (κ1) is 17.7. The Bertz CT molecular complexity index is 689. The van der Waals surface area contributed by atoms with Crippen molar-refractivity contribution in [2.75, 3.05) is 0 Å². The van der Waals surface area contributed by atoms with Crippen molar-refractivity contribution in [2.45, 2.75) is 62.2 Å². The Morgan fingerprint density at radius 2 is 1.26 bits per heavy atom. The largest absolute Gasteiger partial charge is 0.508 e. The van der Waals surface area contributed by atoms with Crippen LogP contribution in [0.4, 0.5) is 0 Å². The first-order valence-corrected chi connectivity index (χ1v) is 8.65. The van der Waals surface area contributed by atoms with Gasteiger partial charge in [-0.1, -0.05) is 53.3 Å². The summed E-state index contributed by atoms with van der Waals surface area (Å²) in [6.07, 6.45) is 0. The predicted octanol–water partition coefficient (Wildman–Crippen LogP) is 5.84. The molecule has 0 fully saturated rings. The molecule has 0 aromatic heterocycles. The summed E-state index contributed by atoms with van der Waals surface area (Å²) in [5.74, 6) is 0.629. The second kappa shape index (κ2) is 6.12. The van der Waals surface area contributed by atoms with Crippen LogP contribution in [0.1, 0.15) is 52.7 Å². The lowest BCUT2D eigenvalue weighted by molar-refractivity contribution is 0.441. The van der Waals surface area contributed by atoms with Gasteiger partial charge >= 0.3 is 0 Å². The summed E-state index contributed by atoms with van der Waals surface area (Å²) in [7, 11) is 0. The molecule has 2 N–H and O–H groups in total. The number of phenols is 2. The molecule has 0 aliphatic heterocycles. The third-order valence-electron chi connectivity index (χ3n) is 3.78. The highest BCUT2D eigenvalue weighted by molar-refractivity contribution is 7.99. The second-order valence-electron chi connectivity index (χ2n) is 7.96. The molecule has 0 bridgehead atoms. The molecule has 0 amide bonds. The Balaban J connectivity index is 2.56. The van der Waals surface area contributed by atoms with Gasteiger partial charge in [0.05, 0.1) is 0 Å². The van der Waals surface area contributed by atoms with Gasteiger partial charge in [-0.05, 0) is 52.8 Å². The summed E-state index contributed by atoms with van der Waals surface area (Å²) in [4.78, 5) is 2.21. The van der Waals surface area contributed by atoms with Crippen LogP contribution in [0, 0.1) is 0 Å². The van der Waals surface area contributed by atoms with Gasteiger partial charge in [-0.2, -0.15) is 0 Å². The zero-order valence-electron chi connectivity index (χ0n) is 14.8. The molecule has 0 aliphatic carbocycles. The van der Waals surface area contributed by atoms with Crippen LogP contribution in [-0.4, -0.2) is 10.2 Å². The topological polar surface area (TPSA) is 40.5 Å². The highest BCUT2D eigenvalue weighted by atomic mass is 32.2. The Labute approximate surface area is 143 Å². The molecule has 0 saturated heterocycles. The van der Waals surface area contributed by atoms with Gasteiger partial charge in [-0.15, -0.1) is 0 Å². The molecule has 0 heterocycles. The number of rotatable bonds is 2. The number of hydrogen-bond acceptors (Lipinski definition) is 3. The monoisotopic (exact) mass is 330 g/mol. The normalized spacial score (nSPS) is 12.4. The molecule has 124 valence electrons. The summed E-state index contributed by atoms with van der Waals surface area (Å²) in [6, 6.07) is 11.2. The van der Waals surface area contributed by atoms with E-state index in [9.17, 15) is 10.2 Å². The van der Waals surface area contributed by atoms with Gasteiger partial charge in [-0.3, -0.25) is 0 Å². The van der Waals surface area contributed by atoms with E-state index < -0.39 is 0 Å². The number of phenolic OH excluding ortho intramolecular Hbond substituents is 2. The van der Waals surface area contributed by atoms with Crippen LogP contribution in [0.2, 0.25) is 0 Å². The second-order valence-corrected chi connectivity index (χ2v) is 9.08. The minimum Gasteiger partial charge on any atom is -0.508 e. The van der Waals surface area contributed by atoms with E-state index in [0.29, 0.717) is 5.75 Å². The van der Waals surface area contributed by atoms with Gasteiger partial charge in [0.25, 0.3) is 0 Å². The smallest absolute Gasteiger partial charge is 0.119 e. The number of benzene rings is 2. The van der Waals surface area contributed by atoms with Crippen LogP contribution in [0.15, 0.2) is 46.2 Å². The minimum atomic E-state index is -0.120. The van der Waals surface area contributed by atoms with Crippen molar-refractivity contribution in [2.24, 2.45) is 0 Å². The Morgan fingerprint density at radius 3 is 1.74 bits per heavy atom. The van der Waals surface area contributed by atoms with Gasteiger partial charge < -0.3 is 10.2 Å². The molecule has 0 saturated carbocycles. The van der Waals surface area contributed by atoms with E-state index in [1.807, 2.05) is 18.2 Å². The van der Waals surface area contributed by atoms with Gasteiger partial charge in [0.2, 0.25) is 0 Å². The molecule has 2 aromatic carbocycles. The minimum absolute atomic E-state index is 0.0624. The van der Waals surface area contributed by atoms with Crippen molar-refractivity contribution in [3.63, 3.8) is 0 Å². The van der Waals surface area contributed by atoms with E-state index in [1.54, 1.807) is 23.9 Å². The molecule has 0 spiro atoms. The molecule has 0 atom stereocenters. The fourth-order valence-electron chi connectivity index (χ4n) is 2.48. The van der Waals surface area contributed by atoms with Gasteiger partial charge in [-0.25, -0.2) is 0 Å². The van der Waals surface area contributed by atoms with Crippen LogP contribution in [0.3, 0.4) is 0 Å². The predicted molar refractivity (Wildman–Crippen MR) is 97.7 cm³/mol. The van der Waals surface area contributed by atoms with E-state index in [1.165, 1.54) is 0 Å². The summed E-state index contributed by atoms with van der Waals surface area (Å²) in [6.45, 7) is 12.8. The molecule has 2 rings (SSSR count). The lowest BCUT2D eigenvalue weighted by Crippen LogP contribution is -2.16. The van der Waals surface area contributed by atoms with Crippen molar-refractivity contribution in [1.82, 2.24) is 0 Å². The molecule has 2 aromatic rings. The number of aromatic hydroxyl groups is 2. The Kier molecular flexibility index (Phi) is 4.72. The van der Waals surface area contributed by atoms with Gasteiger partial charge in [0.1, 0.15) is 11.5 Å². The molecule has 2 nitrogen and oxygen atoms in total. The molecule has 0 unspecified atom stereocenters. The van der Waals surface area contributed by atoms with Crippen molar-refractivity contribution >= 4 is 11.8 Å². The van der Waals surface area contributed by atoms with Crippen LogP contribution in [-0.2, 0) is 10.8 Å². The lowest BCUT2D eigenvalue weighted by atomic mass is 9.81. The van der Waals surface area contributed by atoms with Crippen LogP contribution >= 0.6 is 11.8 Å². The maximum atomic E-state index is 10.5. The maximum Gasteiger partial charge on any atom is 0.119 e. The summed E-state index contributed by atoms with van der Waals surface area (Å²) >= 11 is 1.67. The standard InChI is InChI=1S/C20H26O2S/c1-19(2,3)15-12-18(16(11-17(15)22)20(4,5)6)23-14-9-7-13(21)8-10-14/h7-12,21-22H,1-6H3. The van der Waals surface area contributed by atoms with Crippen molar-refractivity contribution in [3.8, 4) is 11.5 Å². The fraction of sp³-hybridized carbons (Fsp3) is 0.400. The zero-order valence-corrected chi connectivity index (χ0v) is 15.6. The molecule has 3 heteroatoms. The summed E-state index contributed by atoms with van der Waals surface area (Å²) < 4.78 is 0. The van der Waals surface area contributed by atoms with Crippen molar-refractivity contribution in [3.05, 3.63) is 47.5 Å². The van der Waals surface area contributed by atoms with Crippen LogP contribution in [0.5, 0.6) is 11.5 Å². The van der Waals surface area contributed by atoms with E-state index in [-0.39, 0.29) is 16.6 Å². The van der Waals surface area contributed by atoms with Crippen LogP contribution in [0.25, 0.3) is 0 Å². The van der Waals surface area contributed by atoms with E-state index in [4.69, 9.17) is 0 Å². The highest BCUT2D eigenvalue weighted by Gasteiger charge is 2.25. The summed E-state index contributed by atoms with van der Waals surface area (Å²) in [5, 5.41) is 19.9. The SMILES string of the molecule is CC(C)(C)c1cc(Sc2ccc(O)cc2)c(C(C)(C)C)cc1O. The molecule has 0 aliphatic rings. The molecule has 23 heavy (non-hydrogen) atoms. The molecular weight excluding hydrogens is 304 g/mol. The third-order valence-corrected chi connectivity index (χ3v) is 4.84. The molecular formula is C20H26O2S. The van der Waals surface area contributed by atoms with Crippen LogP contribution < -0.4 is 0 Å². The van der Waals surface area contributed by atoms with E-state index >= 15 is 0 Å². The van der Waals surface area contributed by atoms with Crippen molar-refractivity contribution < 1.29 is 10.2 Å². The third kappa shape index (κ3) is 4.23. The average Bonchev–Trinajstić information content (AvgIpc) is 2.40. The first-order valence-electron chi connectivity index (χ1n) is 7.83. The highest BCUT2D eigenvalue weighted by Crippen LogP contribution is 2.43. The average molecular weight is 330 g/mol. The van der Waals surface area contributed by atoms with Gasteiger partial charge in [0, 0.05) is 15.4 Å². The number of hydrogen-bond donors (Lipinski definition) is 2. The van der Waals surface area contributed by atoms with E-state index in [2.05, 4.69) is 47.6 Å². The quantitative estimate of drug-likeness (QED) is 0.726.